The van der Waals surface area contributed by atoms with Crippen LogP contribution in [-0.4, -0.2) is 18.2 Å². The van der Waals surface area contributed by atoms with Gasteiger partial charge in [0, 0.05) is 6.54 Å². The summed E-state index contributed by atoms with van der Waals surface area (Å²) < 4.78 is 0. The summed E-state index contributed by atoms with van der Waals surface area (Å²) in [5.74, 6) is 0. The highest BCUT2D eigenvalue weighted by Gasteiger charge is 2.02. The predicted molar refractivity (Wildman–Crippen MR) is 28.2 cm³/mol. The maximum Gasteiger partial charge on any atom is 0.0796 e. The van der Waals surface area contributed by atoms with Gasteiger partial charge in [-0.05, 0) is 18.5 Å². The maximum atomic E-state index is 8.36. The first-order valence-corrected chi connectivity index (χ1v) is 2.46. The van der Waals surface area contributed by atoms with Crippen molar-refractivity contribution in [1.29, 1.82) is 0 Å². The molecule has 0 aliphatic carbocycles. The molecule has 0 aromatic heterocycles. The Labute approximate surface area is 42.8 Å². The number of aliphatic hydroxyl groups is 1. The molecule has 1 saturated heterocycles. The summed E-state index contributed by atoms with van der Waals surface area (Å²) in [6.07, 6.45) is 2.20. The molecule has 0 amide bonds. The van der Waals surface area contributed by atoms with Crippen LogP contribution in [0.5, 0.6) is 0 Å². The third-order valence-corrected chi connectivity index (χ3v) is 1.16. The molecule has 2 N–H and O–H groups in total. The molecular formula is C5H9NO. The van der Waals surface area contributed by atoms with E-state index in [2.05, 4.69) is 5.32 Å². The van der Waals surface area contributed by atoms with Crippen LogP contribution in [0, 0.1) is 0 Å². The topological polar surface area (TPSA) is 32.3 Å². The minimum atomic E-state index is 0.872. The predicted octanol–water partition coefficient (Wildman–Crippen LogP) is 0.422. The van der Waals surface area contributed by atoms with E-state index >= 15 is 0 Å². The van der Waals surface area contributed by atoms with E-state index in [1.165, 1.54) is 6.26 Å². The number of hydrogen-bond donors (Lipinski definition) is 2. The highest BCUT2D eigenvalue weighted by Crippen LogP contribution is 2.02. The molecule has 1 heterocycles. The molecule has 2 heteroatoms. The van der Waals surface area contributed by atoms with Gasteiger partial charge in [0.1, 0.15) is 0 Å². The van der Waals surface area contributed by atoms with Gasteiger partial charge < -0.3 is 10.4 Å². The first-order chi connectivity index (χ1) is 3.43. The quantitative estimate of drug-likeness (QED) is 0.431. The Bertz CT molecular complexity index is 80.1. The molecule has 0 saturated carbocycles. The third kappa shape index (κ3) is 0.933. The lowest BCUT2D eigenvalue weighted by Crippen LogP contribution is -2.04. The summed E-state index contributed by atoms with van der Waals surface area (Å²) in [6.45, 7) is 1.89. The van der Waals surface area contributed by atoms with E-state index in [-0.39, 0.29) is 0 Å². The van der Waals surface area contributed by atoms with Crippen LogP contribution in [0.3, 0.4) is 0 Å². The monoisotopic (exact) mass is 99.1 g/mol. The number of aliphatic hydroxyl groups excluding tert-OH is 1. The minimum Gasteiger partial charge on any atom is -0.516 e. The second kappa shape index (κ2) is 1.98. The third-order valence-electron chi connectivity index (χ3n) is 1.16. The van der Waals surface area contributed by atoms with Gasteiger partial charge in [-0.2, -0.15) is 0 Å². The first kappa shape index (κ1) is 4.65. The smallest absolute Gasteiger partial charge is 0.0796 e. The van der Waals surface area contributed by atoms with Crippen LogP contribution in [0.2, 0.25) is 0 Å². The Morgan fingerprint density at radius 2 is 2.57 bits per heavy atom. The highest BCUT2D eigenvalue weighted by molar-refractivity contribution is 5.04. The van der Waals surface area contributed by atoms with E-state index < -0.39 is 0 Å². The van der Waals surface area contributed by atoms with Gasteiger partial charge in [0.25, 0.3) is 0 Å². The van der Waals surface area contributed by atoms with Crippen molar-refractivity contribution in [2.45, 2.75) is 6.42 Å². The van der Waals surface area contributed by atoms with E-state index in [1.807, 2.05) is 0 Å². The zero-order valence-electron chi connectivity index (χ0n) is 4.15. The lowest BCUT2D eigenvalue weighted by molar-refractivity contribution is 0.466. The molecule has 1 aliphatic heterocycles. The van der Waals surface area contributed by atoms with Crippen molar-refractivity contribution in [2.24, 2.45) is 0 Å². The summed E-state index contributed by atoms with van der Waals surface area (Å²) in [4.78, 5) is 0. The Kier molecular flexibility index (Phi) is 1.32. The summed E-state index contributed by atoms with van der Waals surface area (Å²) >= 11 is 0. The van der Waals surface area contributed by atoms with Gasteiger partial charge >= 0.3 is 0 Å². The molecule has 0 bridgehead atoms. The van der Waals surface area contributed by atoms with Crippen LogP contribution < -0.4 is 5.32 Å². The molecule has 2 nitrogen and oxygen atoms in total. The molecule has 0 unspecified atom stereocenters. The van der Waals surface area contributed by atoms with Crippen LogP contribution in [0.1, 0.15) is 6.42 Å². The Hall–Kier alpha value is -0.500. The second-order valence-electron chi connectivity index (χ2n) is 1.71. The Morgan fingerprint density at radius 3 is 2.86 bits per heavy atom. The van der Waals surface area contributed by atoms with Crippen LogP contribution in [0.4, 0.5) is 0 Å². The van der Waals surface area contributed by atoms with Gasteiger partial charge in [0.2, 0.25) is 0 Å². The molecule has 0 radical (unpaired) electrons. The fourth-order valence-electron chi connectivity index (χ4n) is 0.696. The molecule has 7 heavy (non-hydrogen) atoms. The highest BCUT2D eigenvalue weighted by atomic mass is 16.2. The van der Waals surface area contributed by atoms with Crippen molar-refractivity contribution in [3.05, 3.63) is 11.8 Å². The van der Waals surface area contributed by atoms with Crippen LogP contribution in [0.15, 0.2) is 11.8 Å². The van der Waals surface area contributed by atoms with Gasteiger partial charge in [0.05, 0.1) is 6.26 Å². The van der Waals surface area contributed by atoms with E-state index in [0.29, 0.717) is 0 Å². The van der Waals surface area contributed by atoms with Gasteiger partial charge in [-0.15, -0.1) is 0 Å². The average Bonchev–Trinajstić information content (AvgIpc) is 2.14. The fraction of sp³-hybridized carbons (Fsp3) is 0.600. The molecular weight excluding hydrogens is 90.1 g/mol. The molecule has 40 valence electrons. The average molecular weight is 99.1 g/mol. The molecule has 1 aliphatic rings. The lowest BCUT2D eigenvalue weighted by atomic mass is 10.3. The van der Waals surface area contributed by atoms with Crippen LogP contribution in [-0.2, 0) is 0 Å². The molecule has 1 fully saturated rings. The van der Waals surface area contributed by atoms with Gasteiger partial charge in [0.15, 0.2) is 0 Å². The zero-order chi connectivity index (χ0) is 5.11. The van der Waals surface area contributed by atoms with Crippen LogP contribution >= 0.6 is 0 Å². The molecule has 0 aromatic rings. The van der Waals surface area contributed by atoms with Crippen molar-refractivity contribution in [1.82, 2.24) is 5.32 Å². The van der Waals surface area contributed by atoms with Crippen LogP contribution in [0.25, 0.3) is 0 Å². The summed E-state index contributed by atoms with van der Waals surface area (Å²) in [6, 6.07) is 0. The van der Waals surface area contributed by atoms with E-state index in [1.54, 1.807) is 0 Å². The van der Waals surface area contributed by atoms with Crippen molar-refractivity contribution < 1.29 is 5.11 Å². The van der Waals surface area contributed by atoms with Crippen molar-refractivity contribution in [3.8, 4) is 0 Å². The van der Waals surface area contributed by atoms with Crippen molar-refractivity contribution >= 4 is 0 Å². The Balaban J connectivity index is 2.41. The van der Waals surface area contributed by atoms with E-state index in [4.69, 9.17) is 5.11 Å². The van der Waals surface area contributed by atoms with Crippen molar-refractivity contribution in [3.63, 3.8) is 0 Å². The molecule has 0 atom stereocenters. The number of nitrogens with one attached hydrogen (secondary N) is 1. The Morgan fingerprint density at radius 1 is 1.71 bits per heavy atom. The van der Waals surface area contributed by atoms with Crippen molar-refractivity contribution in [2.75, 3.05) is 13.1 Å². The number of rotatable bonds is 0. The normalized spacial score (nSPS) is 26.6. The minimum absolute atomic E-state index is 0.872. The maximum absolute atomic E-state index is 8.36. The summed E-state index contributed by atoms with van der Waals surface area (Å²) in [5.41, 5.74) is 1.11. The fourth-order valence-corrected chi connectivity index (χ4v) is 0.696. The largest absolute Gasteiger partial charge is 0.516 e. The summed E-state index contributed by atoms with van der Waals surface area (Å²) in [5, 5.41) is 11.5. The zero-order valence-corrected chi connectivity index (χ0v) is 4.15. The van der Waals surface area contributed by atoms with E-state index in [0.717, 1.165) is 25.1 Å². The first-order valence-electron chi connectivity index (χ1n) is 2.46. The molecule has 0 spiro atoms. The SMILES string of the molecule is O/C=C1\CCNC1. The number of hydrogen-bond acceptors (Lipinski definition) is 2. The van der Waals surface area contributed by atoms with E-state index in [9.17, 15) is 0 Å². The summed E-state index contributed by atoms with van der Waals surface area (Å²) in [7, 11) is 0. The lowest BCUT2D eigenvalue weighted by Gasteiger charge is -1.83. The molecule has 1 rings (SSSR count). The van der Waals surface area contributed by atoms with Gasteiger partial charge in [-0.3, -0.25) is 0 Å². The van der Waals surface area contributed by atoms with Gasteiger partial charge in [-0.1, -0.05) is 0 Å². The second-order valence-corrected chi connectivity index (χ2v) is 1.71. The standard InChI is InChI=1S/C5H9NO/c7-4-5-1-2-6-3-5/h4,6-7H,1-3H2/b5-4+. The molecule has 0 aromatic carbocycles. The van der Waals surface area contributed by atoms with Gasteiger partial charge in [-0.25, -0.2) is 0 Å².